The fraction of sp³-hybridized carbons (Fsp3) is 0.455. The van der Waals surface area contributed by atoms with Crippen LogP contribution in [0.15, 0.2) is 18.2 Å². The van der Waals surface area contributed by atoms with Crippen LogP contribution in [-0.2, 0) is 0 Å². The van der Waals surface area contributed by atoms with Gasteiger partial charge in [-0.25, -0.2) is 0 Å². The lowest BCUT2D eigenvalue weighted by Crippen LogP contribution is -2.24. The Hall–Kier alpha value is -1.30. The molecule has 0 amide bonds. The number of hydrogen-bond acceptors (Lipinski definition) is 4. The third-order valence-corrected chi connectivity index (χ3v) is 4.20. The van der Waals surface area contributed by atoms with Gasteiger partial charge in [-0.1, -0.05) is 6.92 Å². The summed E-state index contributed by atoms with van der Waals surface area (Å²) in [5.41, 5.74) is 0.130. The third kappa shape index (κ3) is 2.69. The summed E-state index contributed by atoms with van der Waals surface area (Å²) in [5, 5.41) is 14.3. The highest BCUT2D eigenvalue weighted by atomic mass is 32.2. The number of nitro groups is 1. The van der Waals surface area contributed by atoms with Crippen LogP contribution in [0.2, 0.25) is 0 Å². The van der Waals surface area contributed by atoms with Gasteiger partial charge in [-0.05, 0) is 24.3 Å². The van der Waals surface area contributed by atoms with Crippen LogP contribution < -0.4 is 5.32 Å². The lowest BCUT2D eigenvalue weighted by Gasteiger charge is -2.17. The SMILES string of the molecule is CC1SCCC1Nc1ccc(F)c([N+](=O)[O-])c1. The molecular formula is C11H13FN2O2S. The van der Waals surface area contributed by atoms with Gasteiger partial charge in [0.15, 0.2) is 0 Å². The molecule has 6 heteroatoms. The van der Waals surface area contributed by atoms with E-state index in [-0.39, 0.29) is 0 Å². The Morgan fingerprint density at radius 3 is 2.94 bits per heavy atom. The van der Waals surface area contributed by atoms with Crippen LogP contribution in [0, 0.1) is 15.9 Å². The molecule has 0 aromatic heterocycles. The van der Waals surface area contributed by atoms with Crippen LogP contribution in [0.3, 0.4) is 0 Å². The first-order chi connectivity index (χ1) is 8.08. The maximum absolute atomic E-state index is 13.1. The largest absolute Gasteiger partial charge is 0.381 e. The number of anilines is 1. The smallest absolute Gasteiger partial charge is 0.306 e. The van der Waals surface area contributed by atoms with Crippen molar-refractivity contribution in [1.82, 2.24) is 0 Å². The van der Waals surface area contributed by atoms with E-state index in [9.17, 15) is 14.5 Å². The molecular weight excluding hydrogens is 243 g/mol. The van der Waals surface area contributed by atoms with Crippen molar-refractivity contribution in [2.45, 2.75) is 24.6 Å². The predicted molar refractivity (Wildman–Crippen MR) is 67.0 cm³/mol. The number of benzene rings is 1. The summed E-state index contributed by atoms with van der Waals surface area (Å²) in [5.74, 6) is 0.289. The van der Waals surface area contributed by atoms with Gasteiger partial charge in [-0.3, -0.25) is 10.1 Å². The molecule has 2 rings (SSSR count). The molecule has 1 aliphatic rings. The molecule has 1 aliphatic heterocycles. The van der Waals surface area contributed by atoms with Crippen molar-refractivity contribution in [3.8, 4) is 0 Å². The predicted octanol–water partition coefficient (Wildman–Crippen LogP) is 3.04. The van der Waals surface area contributed by atoms with Gasteiger partial charge in [0.2, 0.25) is 5.82 Å². The van der Waals surface area contributed by atoms with Crippen LogP contribution in [0.1, 0.15) is 13.3 Å². The number of hydrogen-bond donors (Lipinski definition) is 1. The summed E-state index contributed by atoms with van der Waals surface area (Å²) in [4.78, 5) is 9.91. The van der Waals surface area contributed by atoms with Gasteiger partial charge < -0.3 is 5.32 Å². The Kier molecular flexibility index (Phi) is 3.51. The second kappa shape index (κ2) is 4.91. The summed E-state index contributed by atoms with van der Waals surface area (Å²) in [6, 6.07) is 4.22. The van der Waals surface area contributed by atoms with E-state index in [1.807, 2.05) is 11.8 Å². The van der Waals surface area contributed by atoms with E-state index in [0.717, 1.165) is 18.2 Å². The van der Waals surface area contributed by atoms with Crippen molar-refractivity contribution in [2.75, 3.05) is 11.1 Å². The number of nitrogens with zero attached hydrogens (tertiary/aromatic N) is 1. The molecule has 4 nitrogen and oxygen atoms in total. The van der Waals surface area contributed by atoms with Crippen LogP contribution in [-0.4, -0.2) is 22.0 Å². The third-order valence-electron chi connectivity index (χ3n) is 2.87. The topological polar surface area (TPSA) is 55.2 Å². The van der Waals surface area contributed by atoms with E-state index < -0.39 is 16.4 Å². The lowest BCUT2D eigenvalue weighted by atomic mass is 10.1. The first-order valence-corrected chi connectivity index (χ1v) is 6.45. The van der Waals surface area contributed by atoms with Crippen molar-refractivity contribution < 1.29 is 9.31 Å². The Bertz CT molecular complexity index is 441. The zero-order valence-electron chi connectivity index (χ0n) is 9.35. The molecule has 0 radical (unpaired) electrons. The van der Waals surface area contributed by atoms with E-state index in [0.29, 0.717) is 17.0 Å². The summed E-state index contributed by atoms with van der Waals surface area (Å²) in [7, 11) is 0. The summed E-state index contributed by atoms with van der Waals surface area (Å²) < 4.78 is 13.1. The summed E-state index contributed by atoms with van der Waals surface area (Å²) in [6.07, 6.45) is 1.02. The molecule has 1 fully saturated rings. The van der Waals surface area contributed by atoms with E-state index in [2.05, 4.69) is 12.2 Å². The first-order valence-electron chi connectivity index (χ1n) is 5.40. The minimum absolute atomic E-state index is 0.296. The van der Waals surface area contributed by atoms with Gasteiger partial charge in [0, 0.05) is 23.0 Å². The molecule has 2 unspecified atom stereocenters. The Balaban J connectivity index is 2.16. The zero-order chi connectivity index (χ0) is 12.4. The monoisotopic (exact) mass is 256 g/mol. The molecule has 1 aromatic rings. The first kappa shape index (κ1) is 12.2. The lowest BCUT2D eigenvalue weighted by molar-refractivity contribution is -0.387. The van der Waals surface area contributed by atoms with E-state index in [1.165, 1.54) is 12.1 Å². The van der Waals surface area contributed by atoms with Gasteiger partial charge in [0.05, 0.1) is 4.92 Å². The minimum atomic E-state index is -0.797. The number of halogens is 1. The summed E-state index contributed by atoms with van der Waals surface area (Å²) >= 11 is 1.87. The Labute approximate surface area is 103 Å². The van der Waals surface area contributed by atoms with E-state index in [4.69, 9.17) is 0 Å². The van der Waals surface area contributed by atoms with Gasteiger partial charge in [-0.2, -0.15) is 16.2 Å². The van der Waals surface area contributed by atoms with Gasteiger partial charge in [-0.15, -0.1) is 0 Å². The molecule has 17 heavy (non-hydrogen) atoms. The maximum atomic E-state index is 13.1. The van der Waals surface area contributed by atoms with Crippen molar-refractivity contribution >= 4 is 23.1 Å². The number of nitrogens with one attached hydrogen (secondary N) is 1. The molecule has 2 atom stereocenters. The van der Waals surface area contributed by atoms with Crippen LogP contribution in [0.25, 0.3) is 0 Å². The fourth-order valence-corrected chi connectivity index (χ4v) is 3.08. The molecule has 0 bridgehead atoms. The average Bonchev–Trinajstić information content (AvgIpc) is 2.67. The molecule has 1 aromatic carbocycles. The molecule has 1 N–H and O–H groups in total. The van der Waals surface area contributed by atoms with Crippen LogP contribution in [0.4, 0.5) is 15.8 Å². The van der Waals surface area contributed by atoms with Crippen LogP contribution >= 0.6 is 11.8 Å². The molecule has 0 saturated carbocycles. The molecule has 0 aliphatic carbocycles. The average molecular weight is 256 g/mol. The Morgan fingerprint density at radius 2 is 2.35 bits per heavy atom. The number of rotatable bonds is 3. The second-order valence-electron chi connectivity index (χ2n) is 4.04. The van der Waals surface area contributed by atoms with Crippen molar-refractivity contribution in [3.05, 3.63) is 34.1 Å². The minimum Gasteiger partial charge on any atom is -0.381 e. The van der Waals surface area contributed by atoms with Gasteiger partial charge in [0.25, 0.3) is 0 Å². The highest BCUT2D eigenvalue weighted by Crippen LogP contribution is 2.30. The summed E-state index contributed by atoms with van der Waals surface area (Å²) in [6.45, 7) is 2.12. The van der Waals surface area contributed by atoms with Crippen molar-refractivity contribution in [3.63, 3.8) is 0 Å². The van der Waals surface area contributed by atoms with Crippen molar-refractivity contribution in [2.24, 2.45) is 0 Å². The standard InChI is InChI=1S/C11H13FN2O2S/c1-7-10(4-5-17-7)13-8-2-3-9(12)11(6-8)14(15)16/h2-3,6-7,10,13H,4-5H2,1H3. The van der Waals surface area contributed by atoms with Gasteiger partial charge >= 0.3 is 5.69 Å². The molecule has 92 valence electrons. The van der Waals surface area contributed by atoms with Crippen molar-refractivity contribution in [1.29, 1.82) is 0 Å². The quantitative estimate of drug-likeness (QED) is 0.667. The van der Waals surface area contributed by atoms with E-state index >= 15 is 0 Å². The van der Waals surface area contributed by atoms with E-state index in [1.54, 1.807) is 0 Å². The highest BCUT2D eigenvalue weighted by Gasteiger charge is 2.24. The van der Waals surface area contributed by atoms with Gasteiger partial charge in [0.1, 0.15) is 0 Å². The second-order valence-corrected chi connectivity index (χ2v) is 5.52. The number of thioether (sulfide) groups is 1. The molecule has 1 saturated heterocycles. The Morgan fingerprint density at radius 1 is 1.59 bits per heavy atom. The molecule has 0 spiro atoms. The fourth-order valence-electron chi connectivity index (χ4n) is 1.88. The number of nitro benzene ring substituents is 1. The maximum Gasteiger partial charge on any atom is 0.306 e. The molecule has 1 heterocycles. The highest BCUT2D eigenvalue weighted by molar-refractivity contribution is 8.00. The normalized spacial score (nSPS) is 23.6. The zero-order valence-corrected chi connectivity index (χ0v) is 10.2. The van der Waals surface area contributed by atoms with Crippen LogP contribution in [0.5, 0.6) is 0 Å².